The number of anilines is 2. The van der Waals surface area contributed by atoms with Gasteiger partial charge in [-0.15, -0.1) is 0 Å². The van der Waals surface area contributed by atoms with Gasteiger partial charge in [0.1, 0.15) is 11.6 Å². The van der Waals surface area contributed by atoms with Crippen LogP contribution in [0.2, 0.25) is 0 Å². The molecule has 1 aliphatic heterocycles. The summed E-state index contributed by atoms with van der Waals surface area (Å²) in [5.74, 6) is 1.14. The lowest BCUT2D eigenvalue weighted by Gasteiger charge is -2.28. The molecule has 1 unspecified atom stereocenters. The molecule has 170 valence electrons. The van der Waals surface area contributed by atoms with Gasteiger partial charge in [0, 0.05) is 41.5 Å². The maximum atomic E-state index is 14.8. The first-order chi connectivity index (χ1) is 16.1. The first kappa shape index (κ1) is 21.5. The van der Waals surface area contributed by atoms with Crippen molar-refractivity contribution in [2.45, 2.75) is 32.3 Å². The number of hydrogen-bond donors (Lipinski definition) is 3. The molecule has 0 bridgehead atoms. The van der Waals surface area contributed by atoms with E-state index in [2.05, 4.69) is 39.8 Å². The lowest BCUT2D eigenvalue weighted by Crippen LogP contribution is -2.30. The molecule has 0 amide bonds. The molecule has 1 atom stereocenters. The Morgan fingerprint density at radius 1 is 1.18 bits per heavy atom. The van der Waals surface area contributed by atoms with Gasteiger partial charge in [-0.3, -0.25) is 4.98 Å². The fourth-order valence-corrected chi connectivity index (χ4v) is 4.42. The lowest BCUT2D eigenvalue weighted by atomic mass is 9.84. The normalized spacial score (nSPS) is 15.6. The Hall–Kier alpha value is -3.36. The van der Waals surface area contributed by atoms with E-state index in [4.69, 9.17) is 4.98 Å². The molecule has 3 aromatic heterocycles. The van der Waals surface area contributed by atoms with Gasteiger partial charge in [0.15, 0.2) is 0 Å². The van der Waals surface area contributed by atoms with Crippen molar-refractivity contribution in [1.29, 1.82) is 0 Å². The molecule has 7 nitrogen and oxygen atoms in total. The van der Waals surface area contributed by atoms with Crippen LogP contribution in [0.15, 0.2) is 54.9 Å². The maximum absolute atomic E-state index is 14.8. The van der Waals surface area contributed by atoms with Crippen molar-refractivity contribution in [2.24, 2.45) is 5.92 Å². The number of aliphatic hydroxyl groups excluding tert-OH is 1. The summed E-state index contributed by atoms with van der Waals surface area (Å²) in [7, 11) is 0. The minimum Gasteiger partial charge on any atom is -0.390 e. The smallest absolute Gasteiger partial charge is 0.148 e. The van der Waals surface area contributed by atoms with E-state index in [0.717, 1.165) is 29.7 Å². The highest BCUT2D eigenvalue weighted by Gasteiger charge is 2.22. The van der Waals surface area contributed by atoms with E-state index in [1.54, 1.807) is 30.6 Å². The number of piperidine rings is 1. The van der Waals surface area contributed by atoms with E-state index in [1.165, 1.54) is 23.6 Å². The van der Waals surface area contributed by atoms with Crippen LogP contribution in [-0.2, 0) is 6.61 Å². The quantitative estimate of drug-likeness (QED) is 0.410. The van der Waals surface area contributed by atoms with Crippen molar-refractivity contribution in [1.82, 2.24) is 25.1 Å². The summed E-state index contributed by atoms with van der Waals surface area (Å²) in [4.78, 5) is 9.34. The monoisotopic (exact) mass is 446 g/mol. The second-order valence-corrected chi connectivity index (χ2v) is 8.57. The van der Waals surface area contributed by atoms with Crippen molar-refractivity contribution in [3.05, 3.63) is 72.1 Å². The van der Waals surface area contributed by atoms with E-state index >= 15 is 0 Å². The number of nitrogens with one attached hydrogen (secondary N) is 2. The molecule has 0 saturated carbocycles. The van der Waals surface area contributed by atoms with Crippen LogP contribution in [0.25, 0.3) is 16.6 Å². The van der Waals surface area contributed by atoms with Crippen LogP contribution in [0.5, 0.6) is 0 Å². The fraction of sp³-hybridized carbons (Fsp3) is 0.320. The molecule has 33 heavy (non-hydrogen) atoms. The van der Waals surface area contributed by atoms with E-state index in [9.17, 15) is 9.50 Å². The summed E-state index contributed by atoms with van der Waals surface area (Å²) in [6.07, 6.45) is 5.78. The van der Waals surface area contributed by atoms with Gasteiger partial charge in [-0.05, 0) is 62.2 Å². The minimum absolute atomic E-state index is 0.158. The fourth-order valence-electron chi connectivity index (χ4n) is 4.42. The molecule has 1 aliphatic rings. The highest BCUT2D eigenvalue weighted by molar-refractivity contribution is 5.81. The third-order valence-corrected chi connectivity index (χ3v) is 6.44. The van der Waals surface area contributed by atoms with Gasteiger partial charge in [0.05, 0.1) is 29.2 Å². The van der Waals surface area contributed by atoms with Crippen LogP contribution >= 0.6 is 0 Å². The van der Waals surface area contributed by atoms with Gasteiger partial charge in [-0.1, -0.05) is 6.92 Å². The van der Waals surface area contributed by atoms with Crippen molar-refractivity contribution in [2.75, 3.05) is 18.4 Å². The summed E-state index contributed by atoms with van der Waals surface area (Å²) in [6.45, 7) is 4.22. The van der Waals surface area contributed by atoms with Crippen LogP contribution in [0, 0.1) is 11.7 Å². The molecule has 0 radical (unpaired) electrons. The summed E-state index contributed by atoms with van der Waals surface area (Å²) in [5, 5.41) is 20.8. The highest BCUT2D eigenvalue weighted by Crippen LogP contribution is 2.31. The van der Waals surface area contributed by atoms with Crippen LogP contribution < -0.4 is 10.6 Å². The number of hydrogen-bond acceptors (Lipinski definition) is 6. The number of fused-ring (bicyclic) bond motifs is 1. The van der Waals surface area contributed by atoms with Gasteiger partial charge < -0.3 is 15.7 Å². The van der Waals surface area contributed by atoms with Crippen molar-refractivity contribution >= 4 is 22.4 Å². The number of pyridine rings is 2. The minimum atomic E-state index is -0.420. The summed E-state index contributed by atoms with van der Waals surface area (Å²) >= 11 is 0. The molecule has 1 aromatic carbocycles. The number of nitrogens with zero attached hydrogens (tertiary/aromatic N) is 4. The number of aliphatic hydroxyl groups is 1. The Bertz CT molecular complexity index is 1270. The largest absolute Gasteiger partial charge is 0.390 e. The SMILES string of the molecule is CC(c1ccc2cnc(Nc3ccc(-n4ccc(CO)n4)cc3F)cc2n1)C1CCNCC1. The van der Waals surface area contributed by atoms with Crippen molar-refractivity contribution < 1.29 is 9.50 Å². The highest BCUT2D eigenvalue weighted by atomic mass is 19.1. The molecule has 3 N–H and O–H groups in total. The van der Waals surface area contributed by atoms with Crippen LogP contribution in [-0.4, -0.2) is 37.9 Å². The number of halogens is 1. The molecule has 5 rings (SSSR count). The zero-order valence-corrected chi connectivity index (χ0v) is 18.5. The van der Waals surface area contributed by atoms with E-state index in [1.807, 2.05) is 6.07 Å². The standard InChI is InChI=1S/C25H27FN6O/c1-16(17-6-9-27-10-7-17)22-4-2-18-14-28-25(13-24(18)29-22)30-23-5-3-20(12-21(23)26)32-11-8-19(15-33)31-32/h2-5,8,11-14,16-17,27,33H,6-7,9-10,15H2,1H3,(H,28,30). The molecular weight excluding hydrogens is 419 g/mol. The maximum Gasteiger partial charge on any atom is 0.148 e. The molecule has 8 heteroatoms. The van der Waals surface area contributed by atoms with Crippen LogP contribution in [0.1, 0.15) is 37.1 Å². The molecule has 4 aromatic rings. The average Bonchev–Trinajstić information content (AvgIpc) is 3.34. The molecule has 0 spiro atoms. The summed E-state index contributed by atoms with van der Waals surface area (Å²) in [6, 6.07) is 12.5. The molecule has 1 fully saturated rings. The second-order valence-electron chi connectivity index (χ2n) is 8.57. The predicted octanol–water partition coefficient (Wildman–Crippen LogP) is 4.29. The molecule has 0 aliphatic carbocycles. The topological polar surface area (TPSA) is 87.9 Å². The van der Waals surface area contributed by atoms with Crippen LogP contribution in [0.3, 0.4) is 0 Å². The predicted molar refractivity (Wildman–Crippen MR) is 126 cm³/mol. The first-order valence-electron chi connectivity index (χ1n) is 11.3. The van der Waals surface area contributed by atoms with Gasteiger partial charge in [-0.2, -0.15) is 5.10 Å². The lowest BCUT2D eigenvalue weighted by molar-refractivity contribution is 0.276. The second kappa shape index (κ2) is 9.25. The molecular formula is C25H27FN6O. The van der Waals surface area contributed by atoms with Gasteiger partial charge in [0.25, 0.3) is 0 Å². The van der Waals surface area contributed by atoms with E-state index in [-0.39, 0.29) is 6.61 Å². The average molecular weight is 447 g/mol. The number of aromatic nitrogens is 4. The zero-order chi connectivity index (χ0) is 22.8. The summed E-state index contributed by atoms with van der Waals surface area (Å²) in [5.41, 5.74) is 3.35. The molecule has 4 heterocycles. The van der Waals surface area contributed by atoms with Gasteiger partial charge in [-0.25, -0.2) is 14.1 Å². The number of rotatable bonds is 6. The zero-order valence-electron chi connectivity index (χ0n) is 18.5. The Kier molecular flexibility index (Phi) is 6.02. The third kappa shape index (κ3) is 4.58. The number of benzene rings is 1. The van der Waals surface area contributed by atoms with Crippen LogP contribution in [0.4, 0.5) is 15.9 Å². The Morgan fingerprint density at radius 3 is 2.79 bits per heavy atom. The first-order valence-corrected chi connectivity index (χ1v) is 11.3. The van der Waals surface area contributed by atoms with Gasteiger partial charge in [0.2, 0.25) is 0 Å². The Balaban J connectivity index is 1.37. The van der Waals surface area contributed by atoms with E-state index < -0.39 is 5.82 Å². The molecule has 1 saturated heterocycles. The van der Waals surface area contributed by atoms with Crippen molar-refractivity contribution in [3.63, 3.8) is 0 Å². The van der Waals surface area contributed by atoms with Gasteiger partial charge >= 0.3 is 0 Å². The third-order valence-electron chi connectivity index (χ3n) is 6.44. The van der Waals surface area contributed by atoms with Crippen molar-refractivity contribution in [3.8, 4) is 5.69 Å². The Morgan fingerprint density at radius 2 is 2.03 bits per heavy atom. The van der Waals surface area contributed by atoms with E-state index in [0.29, 0.717) is 34.7 Å². The summed E-state index contributed by atoms with van der Waals surface area (Å²) < 4.78 is 16.3. The Labute approximate surface area is 191 Å².